The summed E-state index contributed by atoms with van der Waals surface area (Å²) < 4.78 is 5.38. The summed E-state index contributed by atoms with van der Waals surface area (Å²) in [4.78, 5) is 0. The van der Waals surface area contributed by atoms with Crippen LogP contribution in [0.2, 0.25) is 0 Å². The molecule has 0 saturated heterocycles. The largest absolute Gasteiger partial charge is 0.399 e. The lowest BCUT2D eigenvalue weighted by atomic mass is 10.2. The number of aryl methyl sites for hydroxylation is 1. The Kier molecular flexibility index (Phi) is 4.86. The van der Waals surface area contributed by atoms with E-state index in [2.05, 4.69) is 18.0 Å². The zero-order valence-electron chi connectivity index (χ0n) is 10.0. The van der Waals surface area contributed by atoms with E-state index in [1.54, 1.807) is 0 Å². The molecule has 0 aromatic heterocycles. The van der Waals surface area contributed by atoms with Crippen LogP contribution in [0.3, 0.4) is 0 Å². The summed E-state index contributed by atoms with van der Waals surface area (Å²) in [6.07, 6.45) is 0. The molecule has 3 heteroatoms. The zero-order valence-corrected chi connectivity index (χ0v) is 10.0. The van der Waals surface area contributed by atoms with Gasteiger partial charge in [0.1, 0.15) is 0 Å². The van der Waals surface area contributed by atoms with Gasteiger partial charge in [-0.25, -0.2) is 0 Å². The van der Waals surface area contributed by atoms with Gasteiger partial charge in [0.15, 0.2) is 0 Å². The van der Waals surface area contributed by atoms with Crippen LogP contribution in [0.1, 0.15) is 12.5 Å². The van der Waals surface area contributed by atoms with Crippen LogP contribution in [0.5, 0.6) is 0 Å². The fraction of sp³-hybridized carbons (Fsp3) is 0.385. The standard InChI is InChI=1S/C13H20N2O/c1-10(2)9-16-5-4-15-13-7-11(3)6-12(14)8-13/h6-8,15H,1,4-5,9,14H2,2-3H3. The number of ether oxygens (including phenoxy) is 1. The predicted octanol–water partition coefficient (Wildman–Crippen LogP) is 2.58. The van der Waals surface area contributed by atoms with Crippen molar-refractivity contribution in [1.29, 1.82) is 0 Å². The van der Waals surface area contributed by atoms with E-state index in [-0.39, 0.29) is 0 Å². The van der Waals surface area contributed by atoms with Crippen LogP contribution in [0.25, 0.3) is 0 Å². The van der Waals surface area contributed by atoms with Crippen LogP contribution < -0.4 is 11.1 Å². The molecule has 88 valence electrons. The third kappa shape index (κ3) is 4.84. The van der Waals surface area contributed by atoms with Crippen LogP contribution >= 0.6 is 0 Å². The van der Waals surface area contributed by atoms with E-state index in [1.807, 2.05) is 26.0 Å². The van der Waals surface area contributed by atoms with Crippen molar-refractivity contribution < 1.29 is 4.74 Å². The fourth-order valence-electron chi connectivity index (χ4n) is 1.43. The van der Waals surface area contributed by atoms with Gasteiger partial charge in [-0.05, 0) is 37.6 Å². The normalized spacial score (nSPS) is 10.1. The van der Waals surface area contributed by atoms with Crippen molar-refractivity contribution in [3.8, 4) is 0 Å². The molecular formula is C13H20N2O. The maximum absolute atomic E-state index is 5.75. The number of anilines is 2. The van der Waals surface area contributed by atoms with Crippen LogP contribution in [0.15, 0.2) is 30.4 Å². The summed E-state index contributed by atoms with van der Waals surface area (Å²) >= 11 is 0. The van der Waals surface area contributed by atoms with Crippen molar-refractivity contribution in [3.05, 3.63) is 35.9 Å². The molecule has 0 spiro atoms. The first-order chi connectivity index (χ1) is 7.58. The van der Waals surface area contributed by atoms with Gasteiger partial charge in [-0.1, -0.05) is 12.2 Å². The topological polar surface area (TPSA) is 47.3 Å². The summed E-state index contributed by atoms with van der Waals surface area (Å²) in [5.74, 6) is 0. The Bertz CT molecular complexity index is 341. The minimum atomic E-state index is 0.623. The lowest BCUT2D eigenvalue weighted by molar-refractivity contribution is 0.167. The third-order valence-corrected chi connectivity index (χ3v) is 2.02. The Morgan fingerprint density at radius 3 is 2.81 bits per heavy atom. The van der Waals surface area contributed by atoms with Crippen LogP contribution in [0, 0.1) is 6.92 Å². The second-order valence-corrected chi connectivity index (χ2v) is 4.07. The molecule has 0 heterocycles. The lowest BCUT2D eigenvalue weighted by Gasteiger charge is -2.09. The minimum Gasteiger partial charge on any atom is -0.399 e. The van der Waals surface area contributed by atoms with Gasteiger partial charge in [0.2, 0.25) is 0 Å². The second kappa shape index (κ2) is 6.18. The predicted molar refractivity (Wildman–Crippen MR) is 69.7 cm³/mol. The van der Waals surface area contributed by atoms with Crippen molar-refractivity contribution >= 4 is 11.4 Å². The monoisotopic (exact) mass is 220 g/mol. The first kappa shape index (κ1) is 12.6. The smallest absolute Gasteiger partial charge is 0.0672 e. The first-order valence-corrected chi connectivity index (χ1v) is 5.41. The van der Waals surface area contributed by atoms with E-state index < -0.39 is 0 Å². The molecule has 3 N–H and O–H groups in total. The zero-order chi connectivity index (χ0) is 12.0. The molecule has 0 bridgehead atoms. The van der Waals surface area contributed by atoms with E-state index in [0.29, 0.717) is 13.2 Å². The molecule has 0 aliphatic carbocycles. The molecule has 0 fully saturated rings. The highest BCUT2D eigenvalue weighted by Crippen LogP contribution is 2.15. The molecule has 1 aromatic carbocycles. The minimum absolute atomic E-state index is 0.623. The van der Waals surface area contributed by atoms with Crippen molar-refractivity contribution in [1.82, 2.24) is 0 Å². The molecule has 0 aliphatic rings. The number of rotatable bonds is 6. The molecule has 16 heavy (non-hydrogen) atoms. The Labute approximate surface area is 97.3 Å². The highest BCUT2D eigenvalue weighted by Gasteiger charge is 1.95. The first-order valence-electron chi connectivity index (χ1n) is 5.41. The third-order valence-electron chi connectivity index (χ3n) is 2.02. The summed E-state index contributed by atoms with van der Waals surface area (Å²) in [5.41, 5.74) is 9.77. The van der Waals surface area contributed by atoms with Crippen molar-refractivity contribution in [2.45, 2.75) is 13.8 Å². The molecule has 1 aromatic rings. The van der Waals surface area contributed by atoms with E-state index in [0.717, 1.165) is 29.1 Å². The molecule has 0 saturated carbocycles. The highest BCUT2D eigenvalue weighted by molar-refractivity contribution is 5.56. The van der Waals surface area contributed by atoms with Gasteiger partial charge in [0.05, 0.1) is 13.2 Å². The van der Waals surface area contributed by atoms with E-state index in [4.69, 9.17) is 10.5 Å². The highest BCUT2D eigenvalue weighted by atomic mass is 16.5. The second-order valence-electron chi connectivity index (χ2n) is 4.07. The number of nitrogens with one attached hydrogen (secondary N) is 1. The molecular weight excluding hydrogens is 200 g/mol. The molecule has 0 radical (unpaired) electrons. The summed E-state index contributed by atoms with van der Waals surface area (Å²) in [5, 5.41) is 3.27. The molecule has 1 rings (SSSR count). The number of hydrogen-bond acceptors (Lipinski definition) is 3. The summed E-state index contributed by atoms with van der Waals surface area (Å²) in [6, 6.07) is 5.93. The Morgan fingerprint density at radius 2 is 2.19 bits per heavy atom. The van der Waals surface area contributed by atoms with Gasteiger partial charge in [0, 0.05) is 17.9 Å². The average molecular weight is 220 g/mol. The molecule has 0 atom stereocenters. The van der Waals surface area contributed by atoms with Crippen LogP contribution in [-0.2, 0) is 4.74 Å². The maximum atomic E-state index is 5.75. The lowest BCUT2D eigenvalue weighted by Crippen LogP contribution is -2.10. The van der Waals surface area contributed by atoms with Gasteiger partial charge in [-0.2, -0.15) is 0 Å². The average Bonchev–Trinajstić information content (AvgIpc) is 2.15. The SMILES string of the molecule is C=C(C)COCCNc1cc(C)cc(N)c1. The van der Waals surface area contributed by atoms with Crippen molar-refractivity contribution in [2.75, 3.05) is 30.8 Å². The summed E-state index contributed by atoms with van der Waals surface area (Å²) in [6.45, 7) is 9.82. The Hall–Kier alpha value is -1.48. The number of hydrogen-bond donors (Lipinski definition) is 2. The Balaban J connectivity index is 2.29. The molecule has 0 amide bonds. The molecule has 0 aliphatic heterocycles. The van der Waals surface area contributed by atoms with Gasteiger partial charge >= 0.3 is 0 Å². The quantitative estimate of drug-likeness (QED) is 0.440. The van der Waals surface area contributed by atoms with Crippen molar-refractivity contribution in [2.24, 2.45) is 0 Å². The molecule has 3 nitrogen and oxygen atoms in total. The van der Waals surface area contributed by atoms with Gasteiger partial charge in [0.25, 0.3) is 0 Å². The number of benzene rings is 1. The van der Waals surface area contributed by atoms with Gasteiger partial charge < -0.3 is 15.8 Å². The Morgan fingerprint density at radius 1 is 1.44 bits per heavy atom. The van der Waals surface area contributed by atoms with E-state index in [1.165, 1.54) is 0 Å². The molecule has 0 unspecified atom stereocenters. The number of nitrogens with two attached hydrogens (primary N) is 1. The van der Waals surface area contributed by atoms with E-state index in [9.17, 15) is 0 Å². The van der Waals surface area contributed by atoms with Crippen molar-refractivity contribution in [3.63, 3.8) is 0 Å². The van der Waals surface area contributed by atoms with Gasteiger partial charge in [-0.15, -0.1) is 0 Å². The summed E-state index contributed by atoms with van der Waals surface area (Å²) in [7, 11) is 0. The van der Waals surface area contributed by atoms with Gasteiger partial charge in [-0.3, -0.25) is 0 Å². The fourth-order valence-corrected chi connectivity index (χ4v) is 1.43. The maximum Gasteiger partial charge on any atom is 0.0672 e. The van der Waals surface area contributed by atoms with Crippen LogP contribution in [-0.4, -0.2) is 19.8 Å². The van der Waals surface area contributed by atoms with Crippen LogP contribution in [0.4, 0.5) is 11.4 Å². The van der Waals surface area contributed by atoms with E-state index >= 15 is 0 Å². The number of nitrogen functional groups attached to an aromatic ring is 1.